The molecule has 0 spiro atoms. The van der Waals surface area contributed by atoms with Gasteiger partial charge in [0.05, 0.1) is 16.5 Å². The predicted molar refractivity (Wildman–Crippen MR) is 111 cm³/mol. The molecule has 3 rings (SSSR count). The van der Waals surface area contributed by atoms with Crippen LogP contribution < -0.4 is 0 Å². The van der Waals surface area contributed by atoms with Crippen molar-refractivity contribution in [2.75, 3.05) is 20.1 Å². The number of hydrogen-bond acceptors (Lipinski definition) is 4. The van der Waals surface area contributed by atoms with Crippen molar-refractivity contribution in [1.29, 1.82) is 5.26 Å². The Morgan fingerprint density at radius 1 is 1.07 bits per heavy atom. The highest BCUT2D eigenvalue weighted by atomic mass is 32.2. The lowest BCUT2D eigenvalue weighted by Crippen LogP contribution is -2.32. The summed E-state index contributed by atoms with van der Waals surface area (Å²) in [5.41, 5.74) is 1.71. The van der Waals surface area contributed by atoms with Gasteiger partial charge in [-0.05, 0) is 48.7 Å². The van der Waals surface area contributed by atoms with Crippen molar-refractivity contribution in [3.05, 3.63) is 65.2 Å². The summed E-state index contributed by atoms with van der Waals surface area (Å²) in [5, 5.41) is 9.02. The minimum Gasteiger partial charge on any atom is -0.337 e. The average Bonchev–Trinajstić information content (AvgIpc) is 3.03. The molecule has 0 N–H and O–H groups in total. The summed E-state index contributed by atoms with van der Waals surface area (Å²) in [7, 11) is -1.94. The van der Waals surface area contributed by atoms with Gasteiger partial charge in [-0.25, -0.2) is 8.42 Å². The molecule has 152 valence electrons. The van der Waals surface area contributed by atoms with E-state index in [2.05, 4.69) is 6.07 Å². The Hall–Kier alpha value is -2.69. The van der Waals surface area contributed by atoms with Crippen molar-refractivity contribution in [1.82, 2.24) is 9.21 Å². The Balaban J connectivity index is 1.79. The van der Waals surface area contributed by atoms with Gasteiger partial charge in [-0.15, -0.1) is 0 Å². The predicted octanol–water partition coefficient (Wildman–Crippen LogP) is 3.40. The topological polar surface area (TPSA) is 81.5 Å². The van der Waals surface area contributed by atoms with Gasteiger partial charge in [-0.2, -0.15) is 9.57 Å². The molecule has 1 amide bonds. The molecule has 1 aliphatic heterocycles. The third kappa shape index (κ3) is 5.03. The van der Waals surface area contributed by atoms with Crippen LogP contribution in [0.25, 0.3) is 0 Å². The van der Waals surface area contributed by atoms with Crippen molar-refractivity contribution in [3.63, 3.8) is 0 Å². The monoisotopic (exact) mass is 411 g/mol. The summed E-state index contributed by atoms with van der Waals surface area (Å²) >= 11 is 0. The van der Waals surface area contributed by atoms with Crippen LogP contribution in [0.5, 0.6) is 0 Å². The second-order valence-corrected chi connectivity index (χ2v) is 9.26. The lowest BCUT2D eigenvalue weighted by molar-refractivity contribution is 0.0785. The van der Waals surface area contributed by atoms with Crippen LogP contribution in [0.4, 0.5) is 0 Å². The fourth-order valence-electron chi connectivity index (χ4n) is 3.53. The number of amides is 1. The van der Waals surface area contributed by atoms with E-state index in [1.807, 2.05) is 6.07 Å². The van der Waals surface area contributed by atoms with Gasteiger partial charge < -0.3 is 4.90 Å². The van der Waals surface area contributed by atoms with Crippen LogP contribution in [0.2, 0.25) is 0 Å². The zero-order valence-corrected chi connectivity index (χ0v) is 17.4. The first-order valence-electron chi connectivity index (χ1n) is 9.76. The van der Waals surface area contributed by atoms with E-state index in [-0.39, 0.29) is 10.8 Å². The molecule has 0 bridgehead atoms. The molecule has 7 heteroatoms. The molecule has 1 saturated heterocycles. The molecule has 6 nitrogen and oxygen atoms in total. The zero-order valence-electron chi connectivity index (χ0n) is 16.5. The second kappa shape index (κ2) is 9.21. The van der Waals surface area contributed by atoms with Gasteiger partial charge in [0.25, 0.3) is 5.91 Å². The summed E-state index contributed by atoms with van der Waals surface area (Å²) in [4.78, 5) is 14.5. The van der Waals surface area contributed by atoms with Crippen LogP contribution in [-0.2, 0) is 16.6 Å². The maximum atomic E-state index is 13.0. The summed E-state index contributed by atoms with van der Waals surface area (Å²) in [6.07, 6.45) is 3.81. The first kappa shape index (κ1) is 21.0. The summed E-state index contributed by atoms with van der Waals surface area (Å²) < 4.78 is 27.6. The number of sulfonamides is 1. The summed E-state index contributed by atoms with van der Waals surface area (Å²) in [5.74, 6) is -0.264. The van der Waals surface area contributed by atoms with Gasteiger partial charge in [0.15, 0.2) is 0 Å². The van der Waals surface area contributed by atoms with E-state index < -0.39 is 10.0 Å². The van der Waals surface area contributed by atoms with E-state index in [1.165, 1.54) is 15.3 Å². The van der Waals surface area contributed by atoms with Crippen molar-refractivity contribution >= 4 is 15.9 Å². The third-order valence-electron chi connectivity index (χ3n) is 5.11. The molecule has 1 heterocycles. The van der Waals surface area contributed by atoms with Gasteiger partial charge in [0, 0.05) is 32.2 Å². The Morgan fingerprint density at radius 2 is 1.76 bits per heavy atom. The maximum Gasteiger partial charge on any atom is 0.253 e. The van der Waals surface area contributed by atoms with Gasteiger partial charge in [-0.1, -0.05) is 31.0 Å². The number of hydrogen-bond donors (Lipinski definition) is 0. The summed E-state index contributed by atoms with van der Waals surface area (Å²) in [6.45, 7) is 1.38. The molecular formula is C22H25N3O3S. The third-order valence-corrected chi connectivity index (χ3v) is 7.00. The van der Waals surface area contributed by atoms with E-state index in [4.69, 9.17) is 5.26 Å². The SMILES string of the molecule is CN(Cc1cccc(C#N)c1)C(=O)c1cccc(S(=O)(=O)N2CCCCCC2)c1. The molecule has 2 aromatic rings. The Labute approximate surface area is 172 Å². The van der Waals surface area contributed by atoms with Crippen molar-refractivity contribution in [2.45, 2.75) is 37.1 Å². The molecule has 0 aromatic heterocycles. The molecule has 0 unspecified atom stereocenters. The molecule has 0 radical (unpaired) electrons. The van der Waals surface area contributed by atoms with Gasteiger partial charge >= 0.3 is 0 Å². The van der Waals surface area contributed by atoms with E-state index in [1.54, 1.807) is 43.4 Å². The van der Waals surface area contributed by atoms with Crippen molar-refractivity contribution < 1.29 is 13.2 Å². The van der Waals surface area contributed by atoms with Gasteiger partial charge in [0.1, 0.15) is 0 Å². The fourth-order valence-corrected chi connectivity index (χ4v) is 5.09. The van der Waals surface area contributed by atoms with E-state index in [0.717, 1.165) is 31.2 Å². The molecule has 0 atom stereocenters. The number of carbonyl (C=O) groups excluding carboxylic acids is 1. The van der Waals surface area contributed by atoms with E-state index >= 15 is 0 Å². The average molecular weight is 412 g/mol. The Kier molecular flexibility index (Phi) is 6.68. The zero-order chi connectivity index (χ0) is 20.9. The van der Waals surface area contributed by atoms with Gasteiger partial charge in [-0.3, -0.25) is 4.79 Å². The fraction of sp³-hybridized carbons (Fsp3) is 0.364. The molecule has 1 aliphatic rings. The van der Waals surface area contributed by atoms with Crippen LogP contribution in [-0.4, -0.2) is 43.7 Å². The minimum absolute atomic E-state index is 0.158. The Morgan fingerprint density at radius 3 is 2.45 bits per heavy atom. The highest BCUT2D eigenvalue weighted by Gasteiger charge is 2.26. The first-order valence-corrected chi connectivity index (χ1v) is 11.2. The van der Waals surface area contributed by atoms with Crippen LogP contribution in [0, 0.1) is 11.3 Å². The van der Waals surface area contributed by atoms with E-state index in [9.17, 15) is 13.2 Å². The van der Waals surface area contributed by atoms with Crippen molar-refractivity contribution in [2.24, 2.45) is 0 Å². The highest BCUT2D eigenvalue weighted by Crippen LogP contribution is 2.22. The van der Waals surface area contributed by atoms with Crippen LogP contribution in [0.15, 0.2) is 53.4 Å². The van der Waals surface area contributed by atoms with Crippen LogP contribution in [0.1, 0.15) is 47.2 Å². The largest absolute Gasteiger partial charge is 0.337 e. The lowest BCUT2D eigenvalue weighted by atomic mass is 10.1. The van der Waals surface area contributed by atoms with E-state index in [0.29, 0.717) is 30.8 Å². The first-order chi connectivity index (χ1) is 13.9. The molecular weight excluding hydrogens is 386 g/mol. The number of nitriles is 1. The van der Waals surface area contributed by atoms with Gasteiger partial charge in [0.2, 0.25) is 10.0 Å². The maximum absolute atomic E-state index is 13.0. The normalized spacial score (nSPS) is 15.3. The molecule has 29 heavy (non-hydrogen) atoms. The number of benzene rings is 2. The molecule has 0 saturated carbocycles. The van der Waals surface area contributed by atoms with Crippen LogP contribution in [0.3, 0.4) is 0 Å². The molecule has 1 fully saturated rings. The summed E-state index contributed by atoms with van der Waals surface area (Å²) in [6, 6.07) is 15.4. The quantitative estimate of drug-likeness (QED) is 0.755. The lowest BCUT2D eigenvalue weighted by Gasteiger charge is -2.21. The number of rotatable bonds is 5. The number of carbonyl (C=O) groups is 1. The molecule has 0 aliphatic carbocycles. The Bertz CT molecular complexity index is 1020. The van der Waals surface area contributed by atoms with Crippen LogP contribution >= 0.6 is 0 Å². The van der Waals surface area contributed by atoms with Crippen molar-refractivity contribution in [3.8, 4) is 6.07 Å². The minimum atomic E-state index is -3.61. The smallest absolute Gasteiger partial charge is 0.253 e. The number of nitrogens with zero attached hydrogens (tertiary/aromatic N) is 3. The highest BCUT2D eigenvalue weighted by molar-refractivity contribution is 7.89. The standard InChI is InChI=1S/C22H25N3O3S/c1-24(17-19-9-6-8-18(14-19)16-23)22(26)20-10-7-11-21(15-20)29(27,28)25-12-4-2-3-5-13-25/h6-11,14-15H,2-5,12-13,17H2,1H3. The molecule has 2 aromatic carbocycles. The second-order valence-electron chi connectivity index (χ2n) is 7.32.